The Morgan fingerprint density at radius 1 is 1.39 bits per heavy atom. The zero-order chi connectivity index (χ0) is 13.0. The number of carbonyl (C=O) groups is 2. The number of nitrogens with one attached hydrogen (secondary N) is 1. The lowest BCUT2D eigenvalue weighted by atomic mass is 10.1. The van der Waals surface area contributed by atoms with Crippen molar-refractivity contribution in [3.05, 3.63) is 41.6 Å². The molecule has 0 amide bonds. The van der Waals surface area contributed by atoms with Gasteiger partial charge in [0.15, 0.2) is 0 Å². The molecule has 2 aromatic rings. The maximum atomic E-state index is 11.4. The average molecular weight is 243 g/mol. The van der Waals surface area contributed by atoms with E-state index >= 15 is 0 Å². The number of hydrogen-bond acceptors (Lipinski definition) is 3. The van der Waals surface area contributed by atoms with Crippen LogP contribution < -0.4 is 0 Å². The summed E-state index contributed by atoms with van der Waals surface area (Å²) >= 11 is 0. The minimum atomic E-state index is -0.385. The zero-order valence-corrected chi connectivity index (χ0v) is 9.97. The van der Waals surface area contributed by atoms with Crippen molar-refractivity contribution in [2.75, 3.05) is 7.11 Å². The smallest absolute Gasteiger partial charge is 0.354 e. The normalized spacial score (nSPS) is 10.9. The molecule has 0 aliphatic carbocycles. The van der Waals surface area contributed by atoms with Gasteiger partial charge < -0.3 is 14.5 Å². The van der Waals surface area contributed by atoms with Gasteiger partial charge >= 0.3 is 5.97 Å². The summed E-state index contributed by atoms with van der Waals surface area (Å²) < 4.78 is 4.65. The summed E-state index contributed by atoms with van der Waals surface area (Å²) in [4.78, 5) is 24.6. The van der Waals surface area contributed by atoms with Gasteiger partial charge in [0.25, 0.3) is 0 Å². The fraction of sp³-hybridized carbons (Fsp3) is 0.143. The van der Waals surface area contributed by atoms with E-state index in [0.29, 0.717) is 12.1 Å². The molecule has 1 N–H and O–H groups in total. The highest BCUT2D eigenvalue weighted by Gasteiger charge is 2.08. The number of fused-ring (bicyclic) bond motifs is 1. The summed E-state index contributed by atoms with van der Waals surface area (Å²) in [5.41, 5.74) is 2.27. The molecule has 2 rings (SSSR count). The van der Waals surface area contributed by atoms with Crippen LogP contribution in [0.3, 0.4) is 0 Å². The molecule has 1 heterocycles. The van der Waals surface area contributed by atoms with E-state index in [0.717, 1.165) is 22.8 Å². The highest BCUT2D eigenvalue weighted by molar-refractivity contribution is 5.95. The highest BCUT2D eigenvalue weighted by Crippen LogP contribution is 2.18. The van der Waals surface area contributed by atoms with E-state index in [9.17, 15) is 9.59 Å². The molecule has 0 radical (unpaired) electrons. The molecule has 18 heavy (non-hydrogen) atoms. The summed E-state index contributed by atoms with van der Waals surface area (Å²) in [6.07, 6.45) is 4.90. The number of esters is 1. The van der Waals surface area contributed by atoms with Crippen molar-refractivity contribution in [3.63, 3.8) is 0 Å². The number of aromatic amines is 1. The summed E-state index contributed by atoms with van der Waals surface area (Å²) in [5, 5.41) is 0.947. The second kappa shape index (κ2) is 5.31. The van der Waals surface area contributed by atoms with Crippen LogP contribution in [0.2, 0.25) is 0 Å². The van der Waals surface area contributed by atoms with Crippen molar-refractivity contribution in [1.29, 1.82) is 0 Å². The fourth-order valence-electron chi connectivity index (χ4n) is 1.73. The Labute approximate surface area is 104 Å². The molecule has 1 aromatic heterocycles. The first-order valence-corrected chi connectivity index (χ1v) is 5.56. The standard InChI is InChI=1S/C14H13NO3/c1-18-14(17)13-9-11-6-5-10(4-2-3-7-16)8-12(11)15-13/h2,4-9,15H,3H2,1H3. The van der Waals surface area contributed by atoms with E-state index in [1.165, 1.54) is 7.11 Å². The number of allylic oxidation sites excluding steroid dienone is 1. The molecular formula is C14H13NO3. The average Bonchev–Trinajstić information content (AvgIpc) is 2.81. The molecule has 4 nitrogen and oxygen atoms in total. The third-order valence-corrected chi connectivity index (χ3v) is 2.59. The molecule has 0 unspecified atom stereocenters. The predicted molar refractivity (Wildman–Crippen MR) is 69.4 cm³/mol. The zero-order valence-electron chi connectivity index (χ0n) is 9.97. The summed E-state index contributed by atoms with van der Waals surface area (Å²) in [6.45, 7) is 0. The molecule has 0 atom stereocenters. The van der Waals surface area contributed by atoms with E-state index in [-0.39, 0.29) is 5.97 Å². The van der Waals surface area contributed by atoms with E-state index in [1.807, 2.05) is 24.3 Å². The summed E-state index contributed by atoms with van der Waals surface area (Å²) in [5.74, 6) is -0.385. The number of carbonyl (C=O) groups excluding carboxylic acids is 2. The third kappa shape index (κ3) is 2.48. The number of ether oxygens (including phenoxy) is 1. The van der Waals surface area contributed by atoms with Crippen LogP contribution in [0.25, 0.3) is 17.0 Å². The SMILES string of the molecule is COC(=O)c1cc2ccc(C=CCC=O)cc2[nH]1. The van der Waals surface area contributed by atoms with Crippen LogP contribution in [0.1, 0.15) is 22.5 Å². The van der Waals surface area contributed by atoms with Crippen LogP contribution in [-0.4, -0.2) is 24.3 Å². The Bertz CT molecular complexity index is 611. The van der Waals surface area contributed by atoms with Crippen LogP contribution in [0.15, 0.2) is 30.3 Å². The van der Waals surface area contributed by atoms with Crippen LogP contribution in [0, 0.1) is 0 Å². The molecular weight excluding hydrogens is 230 g/mol. The number of benzene rings is 1. The van der Waals surface area contributed by atoms with Crippen molar-refractivity contribution in [3.8, 4) is 0 Å². The number of aldehydes is 1. The predicted octanol–water partition coefficient (Wildman–Crippen LogP) is 2.56. The van der Waals surface area contributed by atoms with Gasteiger partial charge in [-0.3, -0.25) is 0 Å². The first-order valence-electron chi connectivity index (χ1n) is 5.56. The van der Waals surface area contributed by atoms with E-state index in [4.69, 9.17) is 0 Å². The van der Waals surface area contributed by atoms with Crippen molar-refractivity contribution < 1.29 is 14.3 Å². The number of methoxy groups -OCH3 is 1. The van der Waals surface area contributed by atoms with Crippen LogP contribution in [-0.2, 0) is 9.53 Å². The Morgan fingerprint density at radius 3 is 2.94 bits per heavy atom. The van der Waals surface area contributed by atoms with Crippen LogP contribution in [0.4, 0.5) is 0 Å². The van der Waals surface area contributed by atoms with E-state index in [1.54, 1.807) is 12.1 Å². The minimum absolute atomic E-state index is 0.385. The first-order chi connectivity index (χ1) is 8.74. The van der Waals surface area contributed by atoms with Gasteiger partial charge in [-0.05, 0) is 17.7 Å². The molecule has 92 valence electrons. The maximum absolute atomic E-state index is 11.4. The van der Waals surface area contributed by atoms with E-state index < -0.39 is 0 Å². The maximum Gasteiger partial charge on any atom is 0.354 e. The van der Waals surface area contributed by atoms with Crippen molar-refractivity contribution >= 4 is 29.2 Å². The fourth-order valence-corrected chi connectivity index (χ4v) is 1.73. The van der Waals surface area contributed by atoms with Crippen molar-refractivity contribution in [1.82, 2.24) is 4.98 Å². The molecule has 0 fully saturated rings. The van der Waals surface area contributed by atoms with Gasteiger partial charge in [-0.25, -0.2) is 4.79 Å². The Kier molecular flexibility index (Phi) is 3.57. The number of hydrogen-bond donors (Lipinski definition) is 1. The lowest BCUT2D eigenvalue weighted by molar-refractivity contribution is -0.107. The highest BCUT2D eigenvalue weighted by atomic mass is 16.5. The van der Waals surface area contributed by atoms with E-state index in [2.05, 4.69) is 9.72 Å². The second-order valence-corrected chi connectivity index (χ2v) is 3.83. The molecule has 0 saturated heterocycles. The van der Waals surface area contributed by atoms with Gasteiger partial charge in [0.1, 0.15) is 12.0 Å². The topological polar surface area (TPSA) is 59.2 Å². The van der Waals surface area contributed by atoms with Crippen LogP contribution in [0.5, 0.6) is 0 Å². The molecule has 0 bridgehead atoms. The second-order valence-electron chi connectivity index (χ2n) is 3.83. The monoisotopic (exact) mass is 243 g/mol. The molecule has 0 aliphatic rings. The Balaban J connectivity index is 2.33. The Hall–Kier alpha value is -2.36. The quantitative estimate of drug-likeness (QED) is 0.663. The van der Waals surface area contributed by atoms with Gasteiger partial charge in [-0.1, -0.05) is 24.3 Å². The number of aromatic nitrogens is 1. The minimum Gasteiger partial charge on any atom is -0.464 e. The van der Waals surface area contributed by atoms with Gasteiger partial charge in [0, 0.05) is 17.3 Å². The molecule has 1 aromatic carbocycles. The first kappa shape index (κ1) is 12.1. The lowest BCUT2D eigenvalue weighted by Gasteiger charge is -1.94. The van der Waals surface area contributed by atoms with Gasteiger partial charge in [-0.2, -0.15) is 0 Å². The van der Waals surface area contributed by atoms with Crippen molar-refractivity contribution in [2.45, 2.75) is 6.42 Å². The molecule has 0 aliphatic heterocycles. The molecule has 4 heteroatoms. The van der Waals surface area contributed by atoms with Crippen molar-refractivity contribution in [2.24, 2.45) is 0 Å². The number of H-pyrrole nitrogens is 1. The van der Waals surface area contributed by atoms with Gasteiger partial charge in [0.05, 0.1) is 7.11 Å². The van der Waals surface area contributed by atoms with Gasteiger partial charge in [-0.15, -0.1) is 0 Å². The lowest BCUT2D eigenvalue weighted by Crippen LogP contribution is -2.00. The molecule has 0 saturated carbocycles. The van der Waals surface area contributed by atoms with Crippen LogP contribution >= 0.6 is 0 Å². The number of rotatable bonds is 4. The molecule has 0 spiro atoms. The third-order valence-electron chi connectivity index (χ3n) is 2.59. The Morgan fingerprint density at radius 2 is 2.22 bits per heavy atom. The summed E-state index contributed by atoms with van der Waals surface area (Å²) in [7, 11) is 1.35. The summed E-state index contributed by atoms with van der Waals surface area (Å²) in [6, 6.07) is 7.51. The van der Waals surface area contributed by atoms with Gasteiger partial charge in [0.2, 0.25) is 0 Å². The largest absolute Gasteiger partial charge is 0.464 e.